The average molecular weight is 394 g/mol. The molecule has 142 valence electrons. The van der Waals surface area contributed by atoms with Gasteiger partial charge in [0.1, 0.15) is 0 Å². The van der Waals surface area contributed by atoms with Crippen LogP contribution < -0.4 is 5.32 Å². The predicted molar refractivity (Wildman–Crippen MR) is 109 cm³/mol. The normalized spacial score (nSPS) is 17.0. The van der Waals surface area contributed by atoms with Gasteiger partial charge in [-0.15, -0.1) is 0 Å². The summed E-state index contributed by atoms with van der Waals surface area (Å²) in [5.41, 5.74) is 5.81. The molecule has 5 rings (SSSR count). The summed E-state index contributed by atoms with van der Waals surface area (Å²) in [7, 11) is 0. The maximum Gasteiger partial charge on any atom is 0.251 e. The summed E-state index contributed by atoms with van der Waals surface area (Å²) >= 11 is 6.24. The van der Waals surface area contributed by atoms with Crippen molar-refractivity contribution in [1.29, 1.82) is 0 Å². The van der Waals surface area contributed by atoms with Crippen LogP contribution in [0.2, 0.25) is 5.02 Å². The van der Waals surface area contributed by atoms with Crippen LogP contribution >= 0.6 is 11.6 Å². The van der Waals surface area contributed by atoms with Crippen molar-refractivity contribution in [2.75, 3.05) is 26.3 Å². The number of nitrogens with one attached hydrogen (secondary N) is 1. The van der Waals surface area contributed by atoms with Crippen molar-refractivity contribution >= 4 is 28.4 Å². The predicted octanol–water partition coefficient (Wildman–Crippen LogP) is 3.63. The molecular formula is C22H20ClN3O2. The summed E-state index contributed by atoms with van der Waals surface area (Å²) in [6.07, 6.45) is 0. The van der Waals surface area contributed by atoms with Crippen LogP contribution in [0.3, 0.4) is 0 Å². The maximum atomic E-state index is 11.8. The van der Waals surface area contributed by atoms with Gasteiger partial charge in [-0.3, -0.25) is 9.69 Å². The molecular weight excluding hydrogens is 374 g/mol. The van der Waals surface area contributed by atoms with E-state index in [1.807, 2.05) is 24.3 Å². The van der Waals surface area contributed by atoms with E-state index in [1.54, 1.807) is 0 Å². The largest absolute Gasteiger partial charge is 0.379 e. The van der Waals surface area contributed by atoms with Gasteiger partial charge >= 0.3 is 0 Å². The van der Waals surface area contributed by atoms with Crippen LogP contribution in [0.25, 0.3) is 22.2 Å². The van der Waals surface area contributed by atoms with Crippen molar-refractivity contribution in [3.8, 4) is 11.3 Å². The van der Waals surface area contributed by atoms with Crippen LogP contribution in [-0.2, 0) is 17.8 Å². The summed E-state index contributed by atoms with van der Waals surface area (Å²) in [6, 6.07) is 14.0. The summed E-state index contributed by atoms with van der Waals surface area (Å²) in [4.78, 5) is 19.1. The highest BCUT2D eigenvalue weighted by Crippen LogP contribution is 2.30. The molecule has 28 heavy (non-hydrogen) atoms. The Bertz CT molecular complexity index is 1080. The first kappa shape index (κ1) is 17.6. The van der Waals surface area contributed by atoms with Crippen LogP contribution in [0.5, 0.6) is 0 Å². The molecule has 0 atom stereocenters. The lowest BCUT2D eigenvalue weighted by Crippen LogP contribution is -2.35. The standard InChI is InChI=1S/C22H20ClN3O2/c23-17-2-4-18-16(13-26-5-7-28-8-6-26)10-20(25-21(18)11-17)14-1-3-19-15(9-14)12-24-22(19)27/h1-4,9-11H,5-8,12-13H2,(H,24,27). The monoisotopic (exact) mass is 393 g/mol. The highest BCUT2D eigenvalue weighted by atomic mass is 35.5. The topological polar surface area (TPSA) is 54.5 Å². The number of carbonyl (C=O) groups excluding carboxylic acids is 1. The molecule has 0 bridgehead atoms. The van der Waals surface area contributed by atoms with Gasteiger partial charge in [0.2, 0.25) is 0 Å². The Labute approximate surface area is 168 Å². The molecule has 1 N–H and O–H groups in total. The lowest BCUT2D eigenvalue weighted by atomic mass is 10.0. The van der Waals surface area contributed by atoms with E-state index in [4.69, 9.17) is 21.3 Å². The first-order chi connectivity index (χ1) is 13.7. The van der Waals surface area contributed by atoms with E-state index in [-0.39, 0.29) is 5.91 Å². The van der Waals surface area contributed by atoms with Gasteiger partial charge in [0.15, 0.2) is 0 Å². The van der Waals surface area contributed by atoms with Crippen molar-refractivity contribution in [2.24, 2.45) is 0 Å². The summed E-state index contributed by atoms with van der Waals surface area (Å²) in [6.45, 7) is 4.82. The number of halogens is 1. The van der Waals surface area contributed by atoms with E-state index in [0.717, 1.165) is 66.1 Å². The zero-order valence-electron chi connectivity index (χ0n) is 15.4. The Morgan fingerprint density at radius 2 is 1.96 bits per heavy atom. The fourth-order valence-electron chi connectivity index (χ4n) is 3.94. The molecule has 6 heteroatoms. The first-order valence-electron chi connectivity index (χ1n) is 9.48. The molecule has 5 nitrogen and oxygen atoms in total. The van der Waals surface area contributed by atoms with Gasteiger partial charge in [-0.1, -0.05) is 23.7 Å². The minimum atomic E-state index is -0.00666. The summed E-state index contributed by atoms with van der Waals surface area (Å²) in [5, 5.41) is 4.67. The van der Waals surface area contributed by atoms with Crippen molar-refractivity contribution < 1.29 is 9.53 Å². The lowest BCUT2D eigenvalue weighted by Gasteiger charge is -2.27. The van der Waals surface area contributed by atoms with Crippen molar-refractivity contribution in [2.45, 2.75) is 13.1 Å². The second kappa shape index (κ2) is 7.17. The maximum absolute atomic E-state index is 11.8. The van der Waals surface area contributed by atoms with Gasteiger partial charge in [-0.2, -0.15) is 0 Å². The Kier molecular flexibility index (Phi) is 4.51. The molecule has 0 saturated carbocycles. The second-order valence-electron chi connectivity index (χ2n) is 7.27. The molecule has 0 aliphatic carbocycles. The average Bonchev–Trinajstić information content (AvgIpc) is 3.08. The fourth-order valence-corrected chi connectivity index (χ4v) is 4.11. The van der Waals surface area contributed by atoms with Crippen LogP contribution in [-0.4, -0.2) is 42.1 Å². The van der Waals surface area contributed by atoms with Gasteiger partial charge in [0.05, 0.1) is 24.4 Å². The number of benzene rings is 2. The third kappa shape index (κ3) is 3.26. The van der Waals surface area contributed by atoms with Gasteiger partial charge in [0, 0.05) is 47.7 Å². The zero-order chi connectivity index (χ0) is 19.1. The van der Waals surface area contributed by atoms with E-state index >= 15 is 0 Å². The number of hydrogen-bond acceptors (Lipinski definition) is 4. The minimum absolute atomic E-state index is 0.00666. The Morgan fingerprint density at radius 1 is 1.11 bits per heavy atom. The molecule has 2 aliphatic rings. The van der Waals surface area contributed by atoms with E-state index in [1.165, 1.54) is 5.56 Å². The van der Waals surface area contributed by atoms with Crippen molar-refractivity contribution in [3.05, 3.63) is 64.2 Å². The Hall–Kier alpha value is -2.47. The molecule has 1 fully saturated rings. The number of pyridine rings is 1. The van der Waals surface area contributed by atoms with Crippen LogP contribution in [0.1, 0.15) is 21.5 Å². The van der Waals surface area contributed by atoms with E-state index in [2.05, 4.69) is 28.4 Å². The highest BCUT2D eigenvalue weighted by Gasteiger charge is 2.20. The smallest absolute Gasteiger partial charge is 0.251 e. The number of aromatic nitrogens is 1. The minimum Gasteiger partial charge on any atom is -0.379 e. The van der Waals surface area contributed by atoms with Crippen molar-refractivity contribution in [1.82, 2.24) is 15.2 Å². The first-order valence-corrected chi connectivity index (χ1v) is 9.86. The zero-order valence-corrected chi connectivity index (χ0v) is 16.1. The fraction of sp³-hybridized carbons (Fsp3) is 0.273. The Morgan fingerprint density at radius 3 is 2.82 bits per heavy atom. The number of nitrogens with zero attached hydrogens (tertiary/aromatic N) is 2. The number of amides is 1. The highest BCUT2D eigenvalue weighted by molar-refractivity contribution is 6.31. The summed E-state index contributed by atoms with van der Waals surface area (Å²) in [5.74, 6) is -0.00666. The third-order valence-electron chi connectivity index (χ3n) is 5.44. The molecule has 0 radical (unpaired) electrons. The number of rotatable bonds is 3. The number of carbonyl (C=O) groups is 1. The van der Waals surface area contributed by atoms with Gasteiger partial charge in [0.25, 0.3) is 5.91 Å². The van der Waals surface area contributed by atoms with Crippen molar-refractivity contribution in [3.63, 3.8) is 0 Å². The van der Waals surface area contributed by atoms with Gasteiger partial charge in [-0.05, 0) is 41.5 Å². The molecule has 1 aromatic heterocycles. The molecule has 1 saturated heterocycles. The van der Waals surface area contributed by atoms with Crippen LogP contribution in [0.15, 0.2) is 42.5 Å². The Balaban J connectivity index is 1.60. The van der Waals surface area contributed by atoms with E-state index in [9.17, 15) is 4.79 Å². The number of fused-ring (bicyclic) bond motifs is 2. The molecule has 2 aromatic carbocycles. The molecule has 3 aromatic rings. The molecule has 0 spiro atoms. The van der Waals surface area contributed by atoms with Gasteiger partial charge in [-0.25, -0.2) is 4.98 Å². The molecule has 3 heterocycles. The van der Waals surface area contributed by atoms with E-state index in [0.29, 0.717) is 11.6 Å². The number of hydrogen-bond donors (Lipinski definition) is 1. The molecule has 1 amide bonds. The quantitative estimate of drug-likeness (QED) is 0.738. The van der Waals surface area contributed by atoms with Crippen LogP contribution in [0, 0.1) is 0 Å². The third-order valence-corrected chi connectivity index (χ3v) is 5.68. The van der Waals surface area contributed by atoms with E-state index < -0.39 is 0 Å². The number of morpholine rings is 1. The second-order valence-corrected chi connectivity index (χ2v) is 7.71. The summed E-state index contributed by atoms with van der Waals surface area (Å²) < 4.78 is 5.48. The molecule has 0 unspecified atom stereocenters. The number of ether oxygens (including phenoxy) is 1. The molecule has 2 aliphatic heterocycles. The van der Waals surface area contributed by atoms with Gasteiger partial charge < -0.3 is 10.1 Å². The van der Waals surface area contributed by atoms with Crippen LogP contribution in [0.4, 0.5) is 0 Å². The SMILES string of the molecule is O=C1NCc2cc(-c3cc(CN4CCOCC4)c4ccc(Cl)cc4n3)ccc21. The lowest BCUT2D eigenvalue weighted by molar-refractivity contribution is 0.0343.